The van der Waals surface area contributed by atoms with Crippen molar-refractivity contribution >= 4 is 27.0 Å². The second-order valence-corrected chi connectivity index (χ2v) is 7.38. The number of anilines is 1. The van der Waals surface area contributed by atoms with Gasteiger partial charge in [0.2, 0.25) is 16.0 Å². The Hall–Kier alpha value is -1.56. The van der Waals surface area contributed by atoms with Crippen molar-refractivity contribution in [2.75, 3.05) is 5.73 Å². The molecule has 0 aliphatic heterocycles. The Bertz CT molecular complexity index is 666. The maximum Gasteiger partial charge on any atom is 0.246 e. The summed E-state index contributed by atoms with van der Waals surface area (Å²) < 4.78 is 25.0. The number of nitrogens with zero attached hydrogens (tertiary/aromatic N) is 2. The maximum atomic E-state index is 12.4. The van der Waals surface area contributed by atoms with Gasteiger partial charge in [-0.15, -0.1) is 0 Å². The predicted octanol–water partition coefficient (Wildman–Crippen LogP) is 1.59. The van der Waals surface area contributed by atoms with Crippen molar-refractivity contribution in [1.29, 1.82) is 0 Å². The molecule has 1 aromatic heterocycles. The fourth-order valence-corrected chi connectivity index (χ4v) is 2.80. The van der Waals surface area contributed by atoms with Gasteiger partial charge >= 0.3 is 0 Å². The van der Waals surface area contributed by atoms with Gasteiger partial charge in [0.05, 0.1) is 15.8 Å². The van der Waals surface area contributed by atoms with Crippen LogP contribution in [0.1, 0.15) is 20.8 Å². The van der Waals surface area contributed by atoms with E-state index in [1.807, 2.05) is 0 Å². The molecule has 0 unspecified atom stereocenters. The monoisotopic (exact) mass is 253 g/mol. The van der Waals surface area contributed by atoms with E-state index in [0.717, 1.165) is 3.97 Å². The third-order valence-electron chi connectivity index (χ3n) is 2.56. The minimum atomic E-state index is -3.56. The zero-order chi connectivity index (χ0) is 12.8. The Kier molecular flexibility index (Phi) is 2.43. The standard InChI is InChI=1S/C11H15N3O2S/c1-11(2,3)17(15,16)14-9-7-5-4-6-8(9)13-10(14)12/h4-7H,1-3H3,(H2,12,13). The van der Waals surface area contributed by atoms with Gasteiger partial charge in [-0.1, -0.05) is 12.1 Å². The summed E-state index contributed by atoms with van der Waals surface area (Å²) in [6, 6.07) is 6.99. The minimum absolute atomic E-state index is 0.00104. The summed E-state index contributed by atoms with van der Waals surface area (Å²) in [5.41, 5.74) is 6.80. The largest absolute Gasteiger partial charge is 0.368 e. The van der Waals surface area contributed by atoms with Crippen LogP contribution in [0.2, 0.25) is 0 Å². The Labute approximate surface area is 100 Å². The fourth-order valence-electron chi connectivity index (χ4n) is 1.55. The smallest absolute Gasteiger partial charge is 0.246 e. The van der Waals surface area contributed by atoms with Gasteiger partial charge in [0.15, 0.2) is 0 Å². The van der Waals surface area contributed by atoms with Gasteiger partial charge in [-0.2, -0.15) is 0 Å². The van der Waals surface area contributed by atoms with Crippen molar-refractivity contribution in [1.82, 2.24) is 8.96 Å². The van der Waals surface area contributed by atoms with Gasteiger partial charge in [-0.05, 0) is 32.9 Å². The number of hydrogen-bond donors (Lipinski definition) is 1. The number of benzene rings is 1. The normalized spacial score (nSPS) is 13.1. The van der Waals surface area contributed by atoms with Crippen LogP contribution in [0.15, 0.2) is 24.3 Å². The highest BCUT2D eigenvalue weighted by molar-refractivity contribution is 7.91. The second-order valence-electron chi connectivity index (χ2n) is 4.84. The quantitative estimate of drug-likeness (QED) is 0.837. The van der Waals surface area contributed by atoms with Crippen LogP contribution in [0.25, 0.3) is 11.0 Å². The molecule has 0 bridgehead atoms. The van der Waals surface area contributed by atoms with Crippen LogP contribution in [0, 0.1) is 0 Å². The number of imidazole rings is 1. The summed E-state index contributed by atoms with van der Waals surface area (Å²) in [6.07, 6.45) is 0. The number of aromatic nitrogens is 2. The highest BCUT2D eigenvalue weighted by atomic mass is 32.2. The van der Waals surface area contributed by atoms with E-state index in [1.54, 1.807) is 45.0 Å². The molecular weight excluding hydrogens is 238 g/mol. The zero-order valence-corrected chi connectivity index (χ0v) is 10.8. The summed E-state index contributed by atoms with van der Waals surface area (Å²) in [6.45, 7) is 4.91. The fraction of sp³-hybridized carbons (Fsp3) is 0.364. The molecule has 17 heavy (non-hydrogen) atoms. The molecule has 5 nitrogen and oxygen atoms in total. The number of para-hydroxylation sites is 2. The topological polar surface area (TPSA) is 78.0 Å². The van der Waals surface area contributed by atoms with Gasteiger partial charge in [-0.25, -0.2) is 17.4 Å². The second kappa shape index (κ2) is 3.46. The molecule has 0 atom stereocenters. The van der Waals surface area contributed by atoms with Crippen molar-refractivity contribution in [3.8, 4) is 0 Å². The number of nitrogen functional groups attached to an aromatic ring is 1. The average Bonchev–Trinajstić information content (AvgIpc) is 2.51. The van der Waals surface area contributed by atoms with E-state index in [1.165, 1.54) is 0 Å². The Morgan fingerprint density at radius 2 is 1.82 bits per heavy atom. The first kappa shape index (κ1) is 11.9. The molecule has 6 heteroatoms. The molecule has 0 amide bonds. The summed E-state index contributed by atoms with van der Waals surface area (Å²) in [5.74, 6) is 0.00104. The lowest BCUT2D eigenvalue weighted by molar-refractivity contribution is 0.553. The van der Waals surface area contributed by atoms with Gasteiger partial charge in [0, 0.05) is 0 Å². The molecule has 2 rings (SSSR count). The van der Waals surface area contributed by atoms with E-state index >= 15 is 0 Å². The Morgan fingerprint density at radius 3 is 2.41 bits per heavy atom. The van der Waals surface area contributed by atoms with E-state index in [0.29, 0.717) is 11.0 Å². The van der Waals surface area contributed by atoms with Gasteiger partial charge in [0.1, 0.15) is 0 Å². The van der Waals surface area contributed by atoms with Crippen molar-refractivity contribution < 1.29 is 8.42 Å². The first-order valence-corrected chi connectivity index (χ1v) is 6.67. The van der Waals surface area contributed by atoms with E-state index in [9.17, 15) is 8.42 Å². The SMILES string of the molecule is CC(C)(C)S(=O)(=O)n1c(N)nc2ccccc21. The predicted molar refractivity (Wildman–Crippen MR) is 68.2 cm³/mol. The highest BCUT2D eigenvalue weighted by Crippen LogP contribution is 2.26. The van der Waals surface area contributed by atoms with E-state index in [4.69, 9.17) is 5.73 Å². The van der Waals surface area contributed by atoms with E-state index in [-0.39, 0.29) is 5.95 Å². The van der Waals surface area contributed by atoms with Crippen molar-refractivity contribution in [3.05, 3.63) is 24.3 Å². The first-order valence-electron chi connectivity index (χ1n) is 5.23. The van der Waals surface area contributed by atoms with Crippen LogP contribution in [0.3, 0.4) is 0 Å². The third-order valence-corrected chi connectivity index (χ3v) is 4.97. The van der Waals surface area contributed by atoms with Crippen molar-refractivity contribution in [2.24, 2.45) is 0 Å². The molecule has 2 N–H and O–H groups in total. The maximum absolute atomic E-state index is 12.4. The number of nitrogens with two attached hydrogens (primary N) is 1. The molecular formula is C11H15N3O2S. The average molecular weight is 253 g/mol. The van der Waals surface area contributed by atoms with Crippen LogP contribution >= 0.6 is 0 Å². The van der Waals surface area contributed by atoms with E-state index < -0.39 is 14.8 Å². The first-order chi connectivity index (χ1) is 7.75. The van der Waals surface area contributed by atoms with Gasteiger partial charge in [0.25, 0.3) is 0 Å². The Morgan fingerprint density at radius 1 is 1.24 bits per heavy atom. The van der Waals surface area contributed by atoms with Gasteiger partial charge < -0.3 is 5.73 Å². The number of rotatable bonds is 1. The van der Waals surface area contributed by atoms with Crippen LogP contribution in [0.4, 0.5) is 5.95 Å². The molecule has 0 saturated heterocycles. The lowest BCUT2D eigenvalue weighted by Gasteiger charge is -2.20. The summed E-state index contributed by atoms with van der Waals surface area (Å²) >= 11 is 0. The lowest BCUT2D eigenvalue weighted by Crippen LogP contribution is -2.34. The molecule has 2 aromatic rings. The zero-order valence-electron chi connectivity index (χ0n) is 10.0. The third kappa shape index (κ3) is 1.68. The number of fused-ring (bicyclic) bond motifs is 1. The van der Waals surface area contributed by atoms with Crippen molar-refractivity contribution in [3.63, 3.8) is 0 Å². The molecule has 0 radical (unpaired) electrons. The minimum Gasteiger partial charge on any atom is -0.368 e. The molecule has 1 heterocycles. The lowest BCUT2D eigenvalue weighted by atomic mass is 10.3. The summed E-state index contributed by atoms with van der Waals surface area (Å²) in [4.78, 5) is 4.05. The summed E-state index contributed by atoms with van der Waals surface area (Å²) in [7, 11) is -3.56. The van der Waals surface area contributed by atoms with Crippen LogP contribution < -0.4 is 5.73 Å². The Balaban J connectivity index is 2.85. The highest BCUT2D eigenvalue weighted by Gasteiger charge is 2.33. The molecule has 0 spiro atoms. The summed E-state index contributed by atoms with van der Waals surface area (Å²) in [5, 5.41) is 0. The molecule has 0 aliphatic rings. The van der Waals surface area contributed by atoms with Crippen LogP contribution in [-0.4, -0.2) is 22.1 Å². The molecule has 0 saturated carbocycles. The molecule has 0 fully saturated rings. The van der Waals surface area contributed by atoms with Gasteiger partial charge in [-0.3, -0.25) is 0 Å². The number of hydrogen-bond acceptors (Lipinski definition) is 4. The molecule has 1 aromatic carbocycles. The van der Waals surface area contributed by atoms with Crippen LogP contribution in [0.5, 0.6) is 0 Å². The van der Waals surface area contributed by atoms with Crippen molar-refractivity contribution in [2.45, 2.75) is 25.5 Å². The van der Waals surface area contributed by atoms with Crippen LogP contribution in [-0.2, 0) is 10.0 Å². The van der Waals surface area contributed by atoms with E-state index in [2.05, 4.69) is 4.98 Å². The molecule has 0 aliphatic carbocycles. The molecule has 92 valence electrons.